The lowest BCUT2D eigenvalue weighted by Gasteiger charge is -1.97. The third-order valence-electron chi connectivity index (χ3n) is 1.99. The largest absolute Gasteiger partial charge is 0.481 e. The summed E-state index contributed by atoms with van der Waals surface area (Å²) >= 11 is 0. The van der Waals surface area contributed by atoms with E-state index in [1.54, 1.807) is 0 Å². The topological polar surface area (TPSA) is 78.9 Å². The lowest BCUT2D eigenvalue weighted by atomic mass is 10.1. The van der Waals surface area contributed by atoms with Gasteiger partial charge in [-0.15, -0.1) is 0 Å². The normalized spacial score (nSPS) is 10.1. The van der Waals surface area contributed by atoms with Gasteiger partial charge in [-0.2, -0.15) is 15.4 Å². The fourth-order valence-corrected chi connectivity index (χ4v) is 1.35. The highest BCUT2D eigenvalue weighted by Crippen LogP contribution is 2.18. The number of hydrogen-bond acceptors (Lipinski definition) is 3. The molecule has 0 atom stereocenters. The molecule has 0 aliphatic carbocycles. The molecule has 0 spiro atoms. The Bertz CT molecular complexity index is 465. The SMILES string of the molecule is O=C(O)Cc1n[nH]nc1-c1ccccc1. The van der Waals surface area contributed by atoms with Crippen molar-refractivity contribution in [1.29, 1.82) is 0 Å². The van der Waals surface area contributed by atoms with Gasteiger partial charge in [0.1, 0.15) is 11.4 Å². The average Bonchev–Trinajstić information content (AvgIpc) is 2.66. The lowest BCUT2D eigenvalue weighted by molar-refractivity contribution is -0.136. The van der Waals surface area contributed by atoms with Crippen LogP contribution in [-0.2, 0) is 11.2 Å². The summed E-state index contributed by atoms with van der Waals surface area (Å²) in [4.78, 5) is 10.6. The van der Waals surface area contributed by atoms with Crippen molar-refractivity contribution in [2.75, 3.05) is 0 Å². The number of aromatic amines is 1. The fraction of sp³-hybridized carbons (Fsp3) is 0.100. The van der Waals surface area contributed by atoms with Crippen molar-refractivity contribution in [3.63, 3.8) is 0 Å². The van der Waals surface area contributed by atoms with Crippen LogP contribution >= 0.6 is 0 Å². The van der Waals surface area contributed by atoms with Crippen molar-refractivity contribution in [1.82, 2.24) is 15.4 Å². The lowest BCUT2D eigenvalue weighted by Crippen LogP contribution is -2.01. The number of aromatic nitrogens is 3. The molecule has 1 heterocycles. The Balaban J connectivity index is 2.37. The van der Waals surface area contributed by atoms with Gasteiger partial charge in [0.15, 0.2) is 0 Å². The summed E-state index contributed by atoms with van der Waals surface area (Å²) in [6.07, 6.45) is -0.124. The Morgan fingerprint density at radius 1 is 1.27 bits per heavy atom. The quantitative estimate of drug-likeness (QED) is 0.782. The number of carboxylic acid groups (broad SMARTS) is 1. The molecule has 0 aliphatic heterocycles. The van der Waals surface area contributed by atoms with Gasteiger partial charge in [-0.3, -0.25) is 4.79 Å². The first-order chi connectivity index (χ1) is 7.27. The zero-order valence-electron chi connectivity index (χ0n) is 7.84. The molecule has 2 aromatic rings. The second-order valence-electron chi connectivity index (χ2n) is 3.06. The van der Waals surface area contributed by atoms with Gasteiger partial charge in [0.2, 0.25) is 0 Å². The van der Waals surface area contributed by atoms with Crippen LogP contribution in [0.4, 0.5) is 0 Å². The predicted molar refractivity (Wildman–Crippen MR) is 53.2 cm³/mol. The molecule has 0 fully saturated rings. The van der Waals surface area contributed by atoms with Crippen LogP contribution in [0.1, 0.15) is 5.69 Å². The van der Waals surface area contributed by atoms with Crippen molar-refractivity contribution >= 4 is 5.97 Å². The maximum atomic E-state index is 10.6. The van der Waals surface area contributed by atoms with E-state index < -0.39 is 5.97 Å². The molecule has 1 aromatic carbocycles. The molecular weight excluding hydrogens is 194 g/mol. The van der Waals surface area contributed by atoms with Gasteiger partial charge < -0.3 is 5.11 Å². The molecule has 0 unspecified atom stereocenters. The van der Waals surface area contributed by atoms with E-state index in [9.17, 15) is 4.79 Å². The summed E-state index contributed by atoms with van der Waals surface area (Å²) in [7, 11) is 0. The molecule has 0 aliphatic rings. The van der Waals surface area contributed by atoms with Gasteiger partial charge >= 0.3 is 5.97 Å². The van der Waals surface area contributed by atoms with Gasteiger partial charge in [0, 0.05) is 5.56 Å². The van der Waals surface area contributed by atoms with E-state index in [4.69, 9.17) is 5.11 Å². The van der Waals surface area contributed by atoms with Crippen LogP contribution in [0, 0.1) is 0 Å². The summed E-state index contributed by atoms with van der Waals surface area (Å²) in [5.41, 5.74) is 1.91. The molecule has 0 saturated carbocycles. The first-order valence-corrected chi connectivity index (χ1v) is 4.44. The highest BCUT2D eigenvalue weighted by atomic mass is 16.4. The zero-order chi connectivity index (χ0) is 10.7. The van der Waals surface area contributed by atoms with Crippen molar-refractivity contribution in [2.24, 2.45) is 0 Å². The van der Waals surface area contributed by atoms with Gasteiger partial charge in [0.05, 0.1) is 6.42 Å². The van der Waals surface area contributed by atoms with E-state index in [0.29, 0.717) is 11.4 Å². The number of hydrogen-bond donors (Lipinski definition) is 2. The van der Waals surface area contributed by atoms with E-state index in [0.717, 1.165) is 5.56 Å². The minimum atomic E-state index is -0.916. The Morgan fingerprint density at radius 3 is 2.67 bits per heavy atom. The van der Waals surface area contributed by atoms with Crippen molar-refractivity contribution in [2.45, 2.75) is 6.42 Å². The molecule has 76 valence electrons. The first-order valence-electron chi connectivity index (χ1n) is 4.44. The predicted octanol–water partition coefficient (Wildman–Crippen LogP) is 1.10. The number of carboxylic acids is 1. The third-order valence-corrected chi connectivity index (χ3v) is 1.99. The monoisotopic (exact) mass is 203 g/mol. The van der Waals surface area contributed by atoms with E-state index in [1.165, 1.54) is 0 Å². The Labute approximate surface area is 85.8 Å². The van der Waals surface area contributed by atoms with E-state index in [-0.39, 0.29) is 6.42 Å². The summed E-state index contributed by atoms with van der Waals surface area (Å²) in [5.74, 6) is -0.916. The summed E-state index contributed by atoms with van der Waals surface area (Å²) < 4.78 is 0. The Morgan fingerprint density at radius 2 is 2.00 bits per heavy atom. The van der Waals surface area contributed by atoms with Crippen molar-refractivity contribution in [3.05, 3.63) is 36.0 Å². The highest BCUT2D eigenvalue weighted by Gasteiger charge is 2.12. The smallest absolute Gasteiger partial charge is 0.309 e. The minimum absolute atomic E-state index is 0.124. The summed E-state index contributed by atoms with van der Waals surface area (Å²) in [5, 5.41) is 18.9. The van der Waals surface area contributed by atoms with Crippen LogP contribution in [0.3, 0.4) is 0 Å². The number of nitrogens with zero attached hydrogens (tertiary/aromatic N) is 2. The molecule has 2 rings (SSSR count). The minimum Gasteiger partial charge on any atom is -0.481 e. The van der Waals surface area contributed by atoms with Gasteiger partial charge in [-0.05, 0) is 0 Å². The first kappa shape index (κ1) is 9.39. The van der Waals surface area contributed by atoms with Crippen LogP contribution in [0.25, 0.3) is 11.3 Å². The molecule has 5 heteroatoms. The molecular formula is C10H9N3O2. The van der Waals surface area contributed by atoms with E-state index in [1.807, 2.05) is 30.3 Å². The molecule has 1 aromatic heterocycles. The number of rotatable bonds is 3. The van der Waals surface area contributed by atoms with Crippen LogP contribution in [-0.4, -0.2) is 26.5 Å². The number of aliphatic carboxylic acids is 1. The maximum Gasteiger partial charge on any atom is 0.309 e. The average molecular weight is 203 g/mol. The van der Waals surface area contributed by atoms with Crippen LogP contribution in [0.15, 0.2) is 30.3 Å². The Hall–Kier alpha value is -2.17. The molecule has 0 radical (unpaired) electrons. The second kappa shape index (κ2) is 3.91. The second-order valence-corrected chi connectivity index (χ2v) is 3.06. The standard InChI is InChI=1S/C10H9N3O2/c14-9(15)6-8-10(12-13-11-8)7-4-2-1-3-5-7/h1-5H,6H2,(H,14,15)(H,11,12,13). The zero-order valence-corrected chi connectivity index (χ0v) is 7.84. The van der Waals surface area contributed by atoms with Gasteiger partial charge in [-0.1, -0.05) is 30.3 Å². The molecule has 15 heavy (non-hydrogen) atoms. The number of benzene rings is 1. The van der Waals surface area contributed by atoms with Crippen molar-refractivity contribution in [3.8, 4) is 11.3 Å². The number of carbonyl (C=O) groups is 1. The van der Waals surface area contributed by atoms with E-state index in [2.05, 4.69) is 15.4 Å². The third kappa shape index (κ3) is 2.01. The van der Waals surface area contributed by atoms with Crippen LogP contribution in [0.2, 0.25) is 0 Å². The van der Waals surface area contributed by atoms with E-state index >= 15 is 0 Å². The molecule has 2 N–H and O–H groups in total. The highest BCUT2D eigenvalue weighted by molar-refractivity contribution is 5.73. The summed E-state index contributed by atoms with van der Waals surface area (Å²) in [6.45, 7) is 0. The maximum absolute atomic E-state index is 10.6. The molecule has 0 saturated heterocycles. The molecule has 0 bridgehead atoms. The van der Waals surface area contributed by atoms with Crippen LogP contribution in [0.5, 0.6) is 0 Å². The van der Waals surface area contributed by atoms with Gasteiger partial charge in [0.25, 0.3) is 0 Å². The Kier molecular flexibility index (Phi) is 2.45. The van der Waals surface area contributed by atoms with Crippen molar-refractivity contribution < 1.29 is 9.90 Å². The molecule has 5 nitrogen and oxygen atoms in total. The van der Waals surface area contributed by atoms with Gasteiger partial charge in [-0.25, -0.2) is 0 Å². The summed E-state index contributed by atoms with van der Waals surface area (Å²) in [6, 6.07) is 9.36. The number of nitrogens with one attached hydrogen (secondary N) is 1. The van der Waals surface area contributed by atoms with Crippen LogP contribution < -0.4 is 0 Å². The fourth-order valence-electron chi connectivity index (χ4n) is 1.35. The number of H-pyrrole nitrogens is 1. The molecule has 0 amide bonds.